The highest BCUT2D eigenvalue weighted by Crippen LogP contribution is 2.24. The van der Waals surface area contributed by atoms with Crippen LogP contribution in [0.25, 0.3) is 0 Å². The van der Waals surface area contributed by atoms with E-state index in [4.69, 9.17) is 0 Å². The molecule has 70 valence electrons. The van der Waals surface area contributed by atoms with Crippen LogP contribution in [0.3, 0.4) is 0 Å². The zero-order valence-corrected chi connectivity index (χ0v) is 8.34. The van der Waals surface area contributed by atoms with Crippen LogP contribution in [0.2, 0.25) is 0 Å². The van der Waals surface area contributed by atoms with Crippen LogP contribution in [0.1, 0.15) is 39.5 Å². The molecule has 2 atom stereocenters. The Kier molecular flexibility index (Phi) is 3.80. The summed E-state index contributed by atoms with van der Waals surface area (Å²) < 4.78 is 0. The van der Waals surface area contributed by atoms with E-state index in [-0.39, 0.29) is 0 Å². The van der Waals surface area contributed by atoms with E-state index in [9.17, 15) is 0 Å². The molecule has 1 fully saturated rings. The predicted octanol–water partition coefficient (Wildman–Crippen LogP) is 2.73. The van der Waals surface area contributed by atoms with Gasteiger partial charge in [-0.1, -0.05) is 26.3 Å². The van der Waals surface area contributed by atoms with E-state index in [1.54, 1.807) is 0 Å². The lowest BCUT2D eigenvalue weighted by Gasteiger charge is -2.29. The van der Waals surface area contributed by atoms with Crippen molar-refractivity contribution in [2.24, 2.45) is 5.92 Å². The van der Waals surface area contributed by atoms with E-state index in [1.807, 2.05) is 0 Å². The van der Waals surface area contributed by atoms with Crippen LogP contribution in [-0.4, -0.2) is 12.1 Å². The first kappa shape index (κ1) is 9.79. The zero-order valence-electron chi connectivity index (χ0n) is 8.34. The van der Waals surface area contributed by atoms with Crippen molar-refractivity contribution in [1.29, 1.82) is 0 Å². The van der Waals surface area contributed by atoms with Gasteiger partial charge in [-0.15, -0.1) is 6.58 Å². The van der Waals surface area contributed by atoms with Crippen LogP contribution in [0.5, 0.6) is 0 Å². The second kappa shape index (κ2) is 4.66. The Hall–Kier alpha value is -0.300. The molecule has 1 aliphatic carbocycles. The van der Waals surface area contributed by atoms with Gasteiger partial charge in [0.1, 0.15) is 0 Å². The number of hydrogen-bond donors (Lipinski definition) is 1. The largest absolute Gasteiger partial charge is 0.312 e. The van der Waals surface area contributed by atoms with Gasteiger partial charge >= 0.3 is 0 Å². The topological polar surface area (TPSA) is 12.0 Å². The molecule has 1 aliphatic rings. The van der Waals surface area contributed by atoms with Gasteiger partial charge in [-0.05, 0) is 25.2 Å². The lowest BCUT2D eigenvalue weighted by atomic mass is 9.85. The smallest absolute Gasteiger partial charge is 0.00750 e. The van der Waals surface area contributed by atoms with Gasteiger partial charge in [-0.3, -0.25) is 0 Å². The maximum atomic E-state index is 3.87. The summed E-state index contributed by atoms with van der Waals surface area (Å²) in [4.78, 5) is 0. The Labute approximate surface area is 76.2 Å². The Bertz CT molecular complexity index is 140. The minimum atomic E-state index is 0.624. The molecule has 0 amide bonds. The second-order valence-corrected chi connectivity index (χ2v) is 4.18. The molecule has 0 bridgehead atoms. The number of allylic oxidation sites excluding steroid dienone is 1. The van der Waals surface area contributed by atoms with Crippen molar-refractivity contribution in [3.8, 4) is 0 Å². The van der Waals surface area contributed by atoms with E-state index in [0.717, 1.165) is 12.0 Å². The highest BCUT2D eigenvalue weighted by atomic mass is 14.9. The van der Waals surface area contributed by atoms with Gasteiger partial charge in [0.15, 0.2) is 0 Å². The first-order valence-electron chi connectivity index (χ1n) is 5.11. The molecule has 12 heavy (non-hydrogen) atoms. The number of hydrogen-bond acceptors (Lipinski definition) is 1. The van der Waals surface area contributed by atoms with Gasteiger partial charge < -0.3 is 5.32 Å². The Morgan fingerprint density at radius 3 is 2.75 bits per heavy atom. The molecule has 1 heteroatoms. The minimum absolute atomic E-state index is 0.624. The average Bonchev–Trinajstić information content (AvgIpc) is 2.03. The van der Waals surface area contributed by atoms with Crippen LogP contribution < -0.4 is 5.32 Å². The fraction of sp³-hybridized carbons (Fsp3) is 0.818. The summed E-state index contributed by atoms with van der Waals surface area (Å²) in [5, 5.41) is 3.60. The van der Waals surface area contributed by atoms with Crippen molar-refractivity contribution >= 4 is 0 Å². The van der Waals surface area contributed by atoms with Crippen molar-refractivity contribution in [3.05, 3.63) is 12.7 Å². The van der Waals surface area contributed by atoms with Crippen LogP contribution in [-0.2, 0) is 0 Å². The van der Waals surface area contributed by atoms with Gasteiger partial charge in [0, 0.05) is 12.1 Å². The second-order valence-electron chi connectivity index (χ2n) is 4.18. The highest BCUT2D eigenvalue weighted by molar-refractivity contribution is 4.87. The molecular formula is C11H21N. The quantitative estimate of drug-likeness (QED) is 0.637. The summed E-state index contributed by atoms with van der Waals surface area (Å²) in [6.45, 7) is 8.31. The molecule has 1 nitrogen and oxygen atoms in total. The molecule has 0 heterocycles. The third-order valence-electron chi connectivity index (χ3n) is 2.62. The summed E-state index contributed by atoms with van der Waals surface area (Å²) >= 11 is 0. The molecule has 0 aliphatic heterocycles. The van der Waals surface area contributed by atoms with Gasteiger partial charge in [0.05, 0.1) is 0 Å². The van der Waals surface area contributed by atoms with Crippen LogP contribution >= 0.6 is 0 Å². The fourth-order valence-electron chi connectivity index (χ4n) is 2.06. The molecule has 0 aromatic rings. The molecule has 0 aromatic heterocycles. The first-order chi connectivity index (χ1) is 5.72. The normalized spacial score (nSPS) is 30.6. The first-order valence-corrected chi connectivity index (χ1v) is 5.11. The molecule has 1 N–H and O–H groups in total. The molecule has 1 saturated carbocycles. The van der Waals surface area contributed by atoms with E-state index >= 15 is 0 Å². The number of rotatable bonds is 3. The van der Waals surface area contributed by atoms with Crippen LogP contribution in [0.15, 0.2) is 12.7 Å². The Morgan fingerprint density at radius 2 is 2.17 bits per heavy atom. The molecule has 0 saturated heterocycles. The van der Waals surface area contributed by atoms with Crippen molar-refractivity contribution < 1.29 is 0 Å². The van der Waals surface area contributed by atoms with Crippen LogP contribution in [0.4, 0.5) is 0 Å². The van der Waals surface area contributed by atoms with Crippen LogP contribution in [0, 0.1) is 5.92 Å². The molecule has 1 rings (SSSR count). The third-order valence-corrected chi connectivity index (χ3v) is 2.62. The average molecular weight is 167 g/mol. The van der Waals surface area contributed by atoms with Gasteiger partial charge in [-0.25, -0.2) is 0 Å². The van der Waals surface area contributed by atoms with Gasteiger partial charge in [0.2, 0.25) is 0 Å². The number of nitrogens with one attached hydrogen (secondary N) is 1. The minimum Gasteiger partial charge on any atom is -0.312 e. The standard InChI is InChI=1S/C11H21N/c1-4-10-6-5-7-11(8-10)12-9(2)3/h4,9-12H,1,5-8H2,2-3H3. The molecule has 2 unspecified atom stereocenters. The zero-order chi connectivity index (χ0) is 8.97. The summed E-state index contributed by atoms with van der Waals surface area (Å²) in [6.07, 6.45) is 7.47. The van der Waals surface area contributed by atoms with E-state index in [0.29, 0.717) is 6.04 Å². The predicted molar refractivity (Wildman–Crippen MR) is 54.2 cm³/mol. The fourth-order valence-corrected chi connectivity index (χ4v) is 2.06. The van der Waals surface area contributed by atoms with E-state index in [1.165, 1.54) is 25.7 Å². The molecular weight excluding hydrogens is 146 g/mol. The maximum Gasteiger partial charge on any atom is 0.00750 e. The lowest BCUT2D eigenvalue weighted by molar-refractivity contribution is 0.308. The Balaban J connectivity index is 2.30. The summed E-state index contributed by atoms with van der Waals surface area (Å²) in [5.41, 5.74) is 0. The SMILES string of the molecule is C=CC1CCCC(NC(C)C)C1. The van der Waals surface area contributed by atoms with E-state index in [2.05, 4.69) is 31.8 Å². The summed E-state index contributed by atoms with van der Waals surface area (Å²) in [5.74, 6) is 0.759. The molecule has 0 spiro atoms. The highest BCUT2D eigenvalue weighted by Gasteiger charge is 2.19. The Morgan fingerprint density at radius 1 is 1.42 bits per heavy atom. The molecule has 0 radical (unpaired) electrons. The third kappa shape index (κ3) is 2.98. The monoisotopic (exact) mass is 167 g/mol. The van der Waals surface area contributed by atoms with Gasteiger partial charge in [-0.2, -0.15) is 0 Å². The maximum absolute atomic E-state index is 3.87. The summed E-state index contributed by atoms with van der Waals surface area (Å²) in [6, 6.07) is 1.36. The van der Waals surface area contributed by atoms with Crippen molar-refractivity contribution in [2.45, 2.75) is 51.6 Å². The summed E-state index contributed by atoms with van der Waals surface area (Å²) in [7, 11) is 0. The molecule has 0 aromatic carbocycles. The van der Waals surface area contributed by atoms with Crippen molar-refractivity contribution in [2.75, 3.05) is 0 Å². The van der Waals surface area contributed by atoms with Crippen molar-refractivity contribution in [1.82, 2.24) is 5.32 Å². The van der Waals surface area contributed by atoms with Crippen molar-refractivity contribution in [3.63, 3.8) is 0 Å². The van der Waals surface area contributed by atoms with Gasteiger partial charge in [0.25, 0.3) is 0 Å². The lowest BCUT2D eigenvalue weighted by Crippen LogP contribution is -2.38. The van der Waals surface area contributed by atoms with E-state index < -0.39 is 0 Å².